The van der Waals surface area contributed by atoms with Gasteiger partial charge in [-0.25, -0.2) is 4.79 Å². The number of hydrogen-bond acceptors (Lipinski definition) is 3. The minimum atomic E-state index is -1.00. The minimum absolute atomic E-state index is 0.222. The molecule has 0 aliphatic heterocycles. The Kier molecular flexibility index (Phi) is 4.56. The van der Waals surface area contributed by atoms with Gasteiger partial charge in [-0.3, -0.25) is 4.79 Å². The number of carbonyl (C=O) groups is 2. The number of hydrogen-bond donors (Lipinski definition) is 2. The average molecular weight is 285 g/mol. The topological polar surface area (TPSA) is 79.5 Å². The van der Waals surface area contributed by atoms with Crippen LogP contribution in [0.25, 0.3) is 6.08 Å². The maximum Gasteiger partial charge on any atom is 0.328 e. The Hall–Kier alpha value is -2.82. The van der Waals surface area contributed by atoms with Crippen molar-refractivity contribution in [2.45, 2.75) is 13.0 Å². The molecule has 0 aliphatic carbocycles. The maximum atomic E-state index is 11.9. The Morgan fingerprint density at radius 2 is 2.10 bits per heavy atom. The first kappa shape index (κ1) is 14.6. The van der Waals surface area contributed by atoms with Gasteiger partial charge in [-0.2, -0.15) is 0 Å². The smallest absolute Gasteiger partial charge is 0.328 e. The lowest BCUT2D eigenvalue weighted by atomic mass is 10.0. The van der Waals surface area contributed by atoms with Gasteiger partial charge in [0.1, 0.15) is 0 Å². The number of furan rings is 1. The van der Waals surface area contributed by atoms with E-state index in [9.17, 15) is 9.59 Å². The van der Waals surface area contributed by atoms with Crippen LogP contribution in [0.2, 0.25) is 0 Å². The van der Waals surface area contributed by atoms with E-state index in [0.717, 1.165) is 17.2 Å². The van der Waals surface area contributed by atoms with E-state index in [4.69, 9.17) is 9.52 Å². The molecule has 2 N–H and O–H groups in total. The first-order valence-electron chi connectivity index (χ1n) is 6.41. The molecule has 0 saturated heterocycles. The van der Waals surface area contributed by atoms with Gasteiger partial charge < -0.3 is 14.8 Å². The van der Waals surface area contributed by atoms with E-state index < -0.39 is 5.97 Å². The molecular formula is C16H15NO4. The minimum Gasteiger partial charge on any atom is -0.478 e. The highest BCUT2D eigenvalue weighted by molar-refractivity contribution is 5.91. The summed E-state index contributed by atoms with van der Waals surface area (Å²) in [7, 11) is 0. The molecule has 1 atom stereocenters. The molecular weight excluding hydrogens is 270 g/mol. The lowest BCUT2D eigenvalue weighted by molar-refractivity contribution is -0.131. The molecule has 1 heterocycles. The Morgan fingerprint density at radius 3 is 2.76 bits per heavy atom. The molecule has 2 aromatic rings. The molecule has 0 aliphatic rings. The van der Waals surface area contributed by atoms with E-state index in [1.54, 1.807) is 18.2 Å². The van der Waals surface area contributed by atoms with Crippen molar-refractivity contribution < 1.29 is 19.1 Å². The van der Waals surface area contributed by atoms with Gasteiger partial charge in [-0.1, -0.05) is 18.2 Å². The third-order valence-electron chi connectivity index (χ3n) is 2.92. The third kappa shape index (κ3) is 4.07. The van der Waals surface area contributed by atoms with E-state index in [1.807, 2.05) is 25.1 Å². The predicted molar refractivity (Wildman–Crippen MR) is 77.7 cm³/mol. The van der Waals surface area contributed by atoms with Crippen LogP contribution in [-0.2, 0) is 4.79 Å². The summed E-state index contributed by atoms with van der Waals surface area (Å²) < 4.78 is 5.03. The van der Waals surface area contributed by atoms with Crippen LogP contribution in [0.5, 0.6) is 0 Å². The summed E-state index contributed by atoms with van der Waals surface area (Å²) in [5.74, 6) is -1.04. The molecule has 1 aromatic carbocycles. The molecule has 21 heavy (non-hydrogen) atoms. The molecule has 0 fully saturated rings. The molecule has 0 saturated carbocycles. The lowest BCUT2D eigenvalue weighted by Gasteiger charge is -2.14. The molecule has 0 spiro atoms. The molecule has 1 unspecified atom stereocenters. The fraction of sp³-hybridized carbons (Fsp3) is 0.125. The monoisotopic (exact) mass is 285 g/mol. The van der Waals surface area contributed by atoms with Gasteiger partial charge in [0.15, 0.2) is 5.76 Å². The number of amides is 1. The Balaban J connectivity index is 2.08. The second-order valence-electron chi connectivity index (χ2n) is 4.51. The molecule has 0 radical (unpaired) electrons. The zero-order valence-electron chi connectivity index (χ0n) is 11.4. The third-order valence-corrected chi connectivity index (χ3v) is 2.92. The van der Waals surface area contributed by atoms with Gasteiger partial charge in [0.05, 0.1) is 12.3 Å². The second-order valence-corrected chi connectivity index (χ2v) is 4.51. The number of aliphatic carboxylic acids is 1. The highest BCUT2D eigenvalue weighted by atomic mass is 16.4. The standard InChI is InChI=1S/C16H15NO4/c1-11(17-16(20)14-6-3-9-21-14)13-5-2-4-12(10-13)7-8-15(18)19/h2-11H,1H3,(H,17,20)(H,18,19). The van der Waals surface area contributed by atoms with Crippen LogP contribution in [0.1, 0.15) is 34.6 Å². The lowest BCUT2D eigenvalue weighted by Crippen LogP contribution is -2.26. The number of carbonyl (C=O) groups excluding carboxylic acids is 1. The molecule has 5 heteroatoms. The van der Waals surface area contributed by atoms with Gasteiger partial charge in [0.25, 0.3) is 5.91 Å². The Bertz CT molecular complexity index is 659. The first-order valence-corrected chi connectivity index (χ1v) is 6.41. The van der Waals surface area contributed by atoms with Gasteiger partial charge in [-0.15, -0.1) is 0 Å². The number of rotatable bonds is 5. The van der Waals surface area contributed by atoms with Crippen LogP contribution in [0.15, 0.2) is 53.2 Å². The number of carboxylic acid groups (broad SMARTS) is 1. The maximum absolute atomic E-state index is 11.9. The van der Waals surface area contributed by atoms with Crippen molar-refractivity contribution in [1.82, 2.24) is 5.32 Å². The number of nitrogens with one attached hydrogen (secondary N) is 1. The quantitative estimate of drug-likeness (QED) is 0.828. The molecule has 0 bridgehead atoms. The van der Waals surface area contributed by atoms with E-state index in [-0.39, 0.29) is 17.7 Å². The molecule has 1 amide bonds. The van der Waals surface area contributed by atoms with Crippen LogP contribution in [0.3, 0.4) is 0 Å². The van der Waals surface area contributed by atoms with Crippen molar-refractivity contribution in [3.8, 4) is 0 Å². The predicted octanol–water partition coefficient (Wildman–Crippen LogP) is 2.87. The zero-order valence-corrected chi connectivity index (χ0v) is 11.4. The van der Waals surface area contributed by atoms with E-state index >= 15 is 0 Å². The van der Waals surface area contributed by atoms with Crippen molar-refractivity contribution >= 4 is 18.0 Å². The van der Waals surface area contributed by atoms with E-state index in [0.29, 0.717) is 0 Å². The summed E-state index contributed by atoms with van der Waals surface area (Å²) in [6.45, 7) is 1.85. The zero-order chi connectivity index (χ0) is 15.2. The summed E-state index contributed by atoms with van der Waals surface area (Å²) in [6.07, 6.45) is 4.02. The largest absolute Gasteiger partial charge is 0.478 e. The van der Waals surface area contributed by atoms with Crippen molar-refractivity contribution in [2.24, 2.45) is 0 Å². The molecule has 108 valence electrons. The highest BCUT2D eigenvalue weighted by Crippen LogP contribution is 2.16. The normalized spacial score (nSPS) is 12.2. The van der Waals surface area contributed by atoms with E-state index in [2.05, 4.69) is 5.32 Å². The fourth-order valence-electron chi connectivity index (χ4n) is 1.86. The Morgan fingerprint density at radius 1 is 1.29 bits per heavy atom. The van der Waals surface area contributed by atoms with Crippen molar-refractivity contribution in [2.75, 3.05) is 0 Å². The highest BCUT2D eigenvalue weighted by Gasteiger charge is 2.13. The van der Waals surface area contributed by atoms with Gasteiger partial charge in [0, 0.05) is 6.08 Å². The van der Waals surface area contributed by atoms with Crippen LogP contribution in [0.4, 0.5) is 0 Å². The molecule has 1 aromatic heterocycles. The molecule has 2 rings (SSSR count). The summed E-state index contributed by atoms with van der Waals surface area (Å²) >= 11 is 0. The number of carboxylic acids is 1. The van der Waals surface area contributed by atoms with Gasteiger partial charge in [0.2, 0.25) is 0 Å². The average Bonchev–Trinajstić information content (AvgIpc) is 2.99. The van der Waals surface area contributed by atoms with Gasteiger partial charge >= 0.3 is 5.97 Å². The summed E-state index contributed by atoms with van der Waals surface area (Å²) in [5.41, 5.74) is 1.64. The van der Waals surface area contributed by atoms with Crippen molar-refractivity contribution in [3.63, 3.8) is 0 Å². The number of benzene rings is 1. The first-order chi connectivity index (χ1) is 10.1. The van der Waals surface area contributed by atoms with Crippen molar-refractivity contribution in [3.05, 3.63) is 65.6 Å². The molecule has 5 nitrogen and oxygen atoms in total. The van der Waals surface area contributed by atoms with Crippen LogP contribution in [-0.4, -0.2) is 17.0 Å². The van der Waals surface area contributed by atoms with Crippen LogP contribution in [0, 0.1) is 0 Å². The summed E-state index contributed by atoms with van der Waals surface area (Å²) in [4.78, 5) is 22.4. The van der Waals surface area contributed by atoms with Crippen molar-refractivity contribution in [1.29, 1.82) is 0 Å². The summed E-state index contributed by atoms with van der Waals surface area (Å²) in [6, 6.07) is 10.3. The van der Waals surface area contributed by atoms with E-state index in [1.165, 1.54) is 12.3 Å². The summed E-state index contributed by atoms with van der Waals surface area (Å²) in [5, 5.41) is 11.4. The Labute approximate surface area is 121 Å². The SMILES string of the molecule is CC(NC(=O)c1ccco1)c1cccc(C=CC(=O)O)c1. The van der Waals surface area contributed by atoms with Gasteiger partial charge in [-0.05, 0) is 42.3 Å². The van der Waals surface area contributed by atoms with Crippen LogP contribution < -0.4 is 5.32 Å². The van der Waals surface area contributed by atoms with Crippen LogP contribution >= 0.6 is 0 Å². The second kappa shape index (κ2) is 6.56. The fourth-order valence-corrected chi connectivity index (χ4v) is 1.86.